The molecule has 0 spiro atoms. The molecule has 0 radical (unpaired) electrons. The maximum absolute atomic E-state index is 11.6. The molecule has 0 saturated carbocycles. The van der Waals surface area contributed by atoms with E-state index in [1.165, 1.54) is 11.3 Å². The number of aryl methyl sites for hydroxylation is 2. The minimum absolute atomic E-state index is 0.0693. The highest BCUT2D eigenvalue weighted by Gasteiger charge is 2.28. The average Bonchev–Trinajstić information content (AvgIpc) is 3.27. The van der Waals surface area contributed by atoms with E-state index in [0.717, 1.165) is 27.9 Å². The number of benzene rings is 2. The third-order valence-electron chi connectivity index (χ3n) is 5.78. The van der Waals surface area contributed by atoms with Crippen molar-refractivity contribution < 1.29 is 9.53 Å². The lowest BCUT2D eigenvalue weighted by molar-refractivity contribution is -0.119. The number of rotatable bonds is 5. The van der Waals surface area contributed by atoms with Gasteiger partial charge < -0.3 is 19.5 Å². The summed E-state index contributed by atoms with van der Waals surface area (Å²) in [6.07, 6.45) is 2.26. The third-order valence-corrected chi connectivity index (χ3v) is 5.78. The summed E-state index contributed by atoms with van der Waals surface area (Å²) in [5.41, 5.74) is 6.51. The molecule has 1 aliphatic heterocycles. The van der Waals surface area contributed by atoms with Gasteiger partial charge in [0.2, 0.25) is 5.91 Å². The van der Waals surface area contributed by atoms with Crippen molar-refractivity contribution in [2.75, 3.05) is 25.5 Å². The van der Waals surface area contributed by atoms with E-state index in [1.54, 1.807) is 0 Å². The fraction of sp³-hybridized carbons (Fsp3) is 0.391. The van der Waals surface area contributed by atoms with E-state index in [4.69, 9.17) is 4.74 Å². The van der Waals surface area contributed by atoms with Gasteiger partial charge in [-0.25, -0.2) is 4.98 Å². The maximum Gasteiger partial charge on any atom is 0.220 e. The Balaban J connectivity index is 1.73. The number of carbonyl (C=O) groups is 1. The van der Waals surface area contributed by atoms with Crippen molar-refractivity contribution in [3.05, 3.63) is 42.2 Å². The van der Waals surface area contributed by atoms with Crippen LogP contribution in [0.25, 0.3) is 22.2 Å². The Hall–Kier alpha value is -3.02. The summed E-state index contributed by atoms with van der Waals surface area (Å²) in [5, 5.41) is 2.90. The Bertz CT molecular complexity index is 1070. The van der Waals surface area contributed by atoms with Gasteiger partial charge in [0.15, 0.2) is 0 Å². The predicted molar refractivity (Wildman–Crippen MR) is 116 cm³/mol. The van der Waals surface area contributed by atoms with Crippen molar-refractivity contribution in [3.8, 4) is 16.9 Å². The minimum atomic E-state index is -0.0693. The first-order valence-electron chi connectivity index (χ1n) is 10.00. The van der Waals surface area contributed by atoms with Crippen LogP contribution in [0.5, 0.6) is 5.75 Å². The Morgan fingerprint density at radius 3 is 2.69 bits per heavy atom. The van der Waals surface area contributed by atoms with Crippen LogP contribution in [0.1, 0.15) is 18.9 Å². The number of carbonyl (C=O) groups excluding carboxylic acids is 1. The number of aromatic nitrogens is 2. The molecule has 2 unspecified atom stereocenters. The van der Waals surface area contributed by atoms with Crippen LogP contribution >= 0.6 is 0 Å². The van der Waals surface area contributed by atoms with Crippen LogP contribution in [0.3, 0.4) is 0 Å². The molecule has 0 aliphatic carbocycles. The van der Waals surface area contributed by atoms with Gasteiger partial charge in [0.25, 0.3) is 0 Å². The minimum Gasteiger partial charge on any atom is -0.488 e. The van der Waals surface area contributed by atoms with Crippen LogP contribution in [-0.2, 0) is 11.8 Å². The molecule has 6 nitrogen and oxygen atoms in total. The highest BCUT2D eigenvalue weighted by Crippen LogP contribution is 2.35. The molecule has 2 aromatic carbocycles. The average molecular weight is 393 g/mol. The van der Waals surface area contributed by atoms with Gasteiger partial charge >= 0.3 is 0 Å². The number of amides is 1. The van der Waals surface area contributed by atoms with Gasteiger partial charge in [-0.3, -0.25) is 4.79 Å². The highest BCUT2D eigenvalue weighted by molar-refractivity contribution is 5.88. The quantitative estimate of drug-likeness (QED) is 0.722. The van der Waals surface area contributed by atoms with Crippen LogP contribution in [0.2, 0.25) is 0 Å². The first kappa shape index (κ1) is 19.3. The molecule has 1 aromatic heterocycles. The zero-order valence-electron chi connectivity index (χ0n) is 17.7. The lowest BCUT2D eigenvalue weighted by Gasteiger charge is -2.21. The fourth-order valence-electron chi connectivity index (χ4n) is 4.10. The molecule has 1 fully saturated rings. The van der Waals surface area contributed by atoms with E-state index in [-0.39, 0.29) is 17.9 Å². The molecule has 152 valence electrons. The largest absolute Gasteiger partial charge is 0.488 e. The molecule has 0 bridgehead atoms. The summed E-state index contributed by atoms with van der Waals surface area (Å²) in [7, 11) is 6.08. The molecular formula is C23H28N4O2. The Labute approximate surface area is 171 Å². The lowest BCUT2D eigenvalue weighted by Crippen LogP contribution is -2.25. The van der Waals surface area contributed by atoms with Gasteiger partial charge in [0, 0.05) is 45.7 Å². The van der Waals surface area contributed by atoms with Crippen molar-refractivity contribution in [1.29, 1.82) is 0 Å². The molecule has 6 heteroatoms. The van der Waals surface area contributed by atoms with E-state index in [2.05, 4.69) is 66.6 Å². The first-order chi connectivity index (χ1) is 13.8. The van der Waals surface area contributed by atoms with Crippen molar-refractivity contribution in [1.82, 2.24) is 14.9 Å². The topological polar surface area (TPSA) is 59.4 Å². The summed E-state index contributed by atoms with van der Waals surface area (Å²) in [6.45, 7) is 4.83. The third kappa shape index (κ3) is 3.67. The number of hydrogen-bond acceptors (Lipinski definition) is 4. The molecule has 29 heavy (non-hydrogen) atoms. The highest BCUT2D eigenvalue weighted by atomic mass is 16.5. The van der Waals surface area contributed by atoms with Crippen LogP contribution in [0.4, 0.5) is 5.69 Å². The second-order valence-electron chi connectivity index (χ2n) is 8.18. The molecule has 4 rings (SSSR count). The van der Waals surface area contributed by atoms with Crippen molar-refractivity contribution >= 4 is 22.6 Å². The Morgan fingerprint density at radius 2 is 2.03 bits per heavy atom. The predicted octanol–water partition coefficient (Wildman–Crippen LogP) is 3.52. The number of anilines is 1. The second-order valence-corrected chi connectivity index (χ2v) is 8.18. The smallest absolute Gasteiger partial charge is 0.220 e. The molecule has 1 saturated heterocycles. The van der Waals surface area contributed by atoms with Crippen LogP contribution in [0, 0.1) is 12.8 Å². The van der Waals surface area contributed by atoms with Gasteiger partial charge in [-0.05, 0) is 54.8 Å². The monoisotopic (exact) mass is 392 g/mol. The summed E-state index contributed by atoms with van der Waals surface area (Å²) in [6, 6.07) is 10.7. The number of nitrogens with zero attached hydrogens (tertiary/aromatic N) is 3. The van der Waals surface area contributed by atoms with Gasteiger partial charge in [-0.2, -0.15) is 0 Å². The summed E-state index contributed by atoms with van der Waals surface area (Å²) < 4.78 is 8.38. The van der Waals surface area contributed by atoms with Crippen molar-refractivity contribution in [2.24, 2.45) is 13.0 Å². The summed E-state index contributed by atoms with van der Waals surface area (Å²) >= 11 is 0. The number of imidazole rings is 1. The SMILES string of the molecule is Cc1cc(-c2cc(OC(C)C3CNC(=O)C3)c3c(c2)ncn3C)ccc1N(C)C. The summed E-state index contributed by atoms with van der Waals surface area (Å²) in [4.78, 5) is 18.3. The molecule has 1 amide bonds. The molecule has 2 atom stereocenters. The van der Waals surface area contributed by atoms with Gasteiger partial charge in [0.05, 0.1) is 11.8 Å². The number of ether oxygens (including phenoxy) is 1. The molecule has 2 heterocycles. The Kier molecular flexibility index (Phi) is 4.94. The van der Waals surface area contributed by atoms with Crippen LogP contribution < -0.4 is 15.0 Å². The van der Waals surface area contributed by atoms with Crippen LogP contribution in [0.15, 0.2) is 36.7 Å². The van der Waals surface area contributed by atoms with E-state index in [1.807, 2.05) is 24.9 Å². The van der Waals surface area contributed by atoms with E-state index >= 15 is 0 Å². The standard InChI is InChI=1S/C23H28N4O2/c1-14-8-16(6-7-20(14)26(3)4)17-9-19-23(27(5)13-25-19)21(10-17)29-15(2)18-11-22(28)24-12-18/h6-10,13,15,18H,11-12H2,1-5H3,(H,24,28). The number of nitrogens with one attached hydrogen (secondary N) is 1. The number of fused-ring (bicyclic) bond motifs is 1. The van der Waals surface area contributed by atoms with Gasteiger partial charge in [-0.15, -0.1) is 0 Å². The lowest BCUT2D eigenvalue weighted by atomic mass is 10.0. The van der Waals surface area contributed by atoms with Gasteiger partial charge in [0.1, 0.15) is 17.4 Å². The Morgan fingerprint density at radius 1 is 1.24 bits per heavy atom. The zero-order valence-corrected chi connectivity index (χ0v) is 17.7. The molecule has 1 aliphatic rings. The maximum atomic E-state index is 11.6. The zero-order chi connectivity index (χ0) is 20.7. The molecule has 1 N–H and O–H groups in total. The van der Waals surface area contributed by atoms with Gasteiger partial charge in [-0.1, -0.05) is 6.07 Å². The molecular weight excluding hydrogens is 364 g/mol. The molecule has 3 aromatic rings. The summed E-state index contributed by atoms with van der Waals surface area (Å²) in [5.74, 6) is 1.08. The van der Waals surface area contributed by atoms with Crippen molar-refractivity contribution in [2.45, 2.75) is 26.4 Å². The van der Waals surface area contributed by atoms with E-state index in [9.17, 15) is 4.79 Å². The van der Waals surface area contributed by atoms with E-state index in [0.29, 0.717) is 13.0 Å². The first-order valence-corrected chi connectivity index (χ1v) is 10.00. The number of hydrogen-bond donors (Lipinski definition) is 1. The second kappa shape index (κ2) is 7.43. The van der Waals surface area contributed by atoms with Crippen molar-refractivity contribution in [3.63, 3.8) is 0 Å². The fourth-order valence-corrected chi connectivity index (χ4v) is 4.10. The van der Waals surface area contributed by atoms with Crippen LogP contribution in [-0.4, -0.2) is 42.2 Å². The normalized spacial score (nSPS) is 17.4. The van der Waals surface area contributed by atoms with E-state index < -0.39 is 0 Å².